The molecule has 2 aromatic carbocycles. The van der Waals surface area contributed by atoms with Gasteiger partial charge in [0.05, 0.1) is 5.69 Å². The number of nitrogens with one attached hydrogen (secondary N) is 2. The van der Waals surface area contributed by atoms with Crippen molar-refractivity contribution < 1.29 is 14.4 Å². The summed E-state index contributed by atoms with van der Waals surface area (Å²) in [5, 5.41) is 5.12. The molecule has 1 fully saturated rings. The number of likely N-dealkylation sites (tertiary alicyclic amines) is 1. The number of carbonyl (C=O) groups excluding carboxylic acids is 3. The third kappa shape index (κ3) is 4.93. The van der Waals surface area contributed by atoms with Crippen molar-refractivity contribution >= 4 is 35.2 Å². The second-order valence-electron chi connectivity index (χ2n) is 8.14. The van der Waals surface area contributed by atoms with Gasteiger partial charge in [-0.05, 0) is 36.5 Å². The fraction of sp³-hybridized carbons (Fsp3) is 0.375. The molecule has 7 heteroatoms. The summed E-state index contributed by atoms with van der Waals surface area (Å²) in [7, 11) is 0. The van der Waals surface area contributed by atoms with Crippen LogP contribution >= 0.6 is 11.8 Å². The van der Waals surface area contributed by atoms with E-state index in [1.807, 2.05) is 42.5 Å². The number of para-hydroxylation sites is 1. The van der Waals surface area contributed by atoms with Crippen LogP contribution in [-0.2, 0) is 14.4 Å². The van der Waals surface area contributed by atoms with Crippen LogP contribution in [0.5, 0.6) is 0 Å². The van der Waals surface area contributed by atoms with Gasteiger partial charge in [-0.25, -0.2) is 0 Å². The van der Waals surface area contributed by atoms with Gasteiger partial charge >= 0.3 is 0 Å². The molecule has 2 aliphatic heterocycles. The molecule has 0 bridgehead atoms. The minimum atomic E-state index is -0.771. The van der Waals surface area contributed by atoms with Crippen molar-refractivity contribution in [1.29, 1.82) is 0 Å². The molecule has 4 rings (SSSR count). The zero-order valence-corrected chi connectivity index (χ0v) is 18.4. The molecule has 2 atom stereocenters. The lowest BCUT2D eigenvalue weighted by atomic mass is 9.95. The summed E-state index contributed by atoms with van der Waals surface area (Å²) < 4.78 is 0. The van der Waals surface area contributed by atoms with Gasteiger partial charge in [0.2, 0.25) is 17.7 Å². The van der Waals surface area contributed by atoms with Crippen LogP contribution in [0.3, 0.4) is 0 Å². The van der Waals surface area contributed by atoms with Crippen LogP contribution < -0.4 is 10.6 Å². The van der Waals surface area contributed by atoms with Gasteiger partial charge in [-0.3, -0.25) is 14.4 Å². The molecule has 162 valence electrons. The minimum absolute atomic E-state index is 0.0496. The number of rotatable bonds is 5. The molecule has 0 saturated carbocycles. The number of carbonyl (C=O) groups is 3. The number of nitrogens with zero attached hydrogens (tertiary/aromatic N) is 1. The van der Waals surface area contributed by atoms with Gasteiger partial charge in [-0.1, -0.05) is 49.4 Å². The molecule has 2 N–H and O–H groups in total. The smallest absolute Gasteiger partial charge is 0.247 e. The topological polar surface area (TPSA) is 78.5 Å². The number of thioether (sulfide) groups is 1. The summed E-state index contributed by atoms with van der Waals surface area (Å²) >= 11 is 1.30. The molecule has 0 spiro atoms. The quantitative estimate of drug-likeness (QED) is 0.704. The van der Waals surface area contributed by atoms with E-state index in [9.17, 15) is 14.4 Å². The number of amides is 3. The van der Waals surface area contributed by atoms with Crippen molar-refractivity contribution in [2.45, 2.75) is 35.8 Å². The Balaban J connectivity index is 1.27. The molecule has 2 aromatic rings. The average Bonchev–Trinajstić information content (AvgIpc) is 2.82. The van der Waals surface area contributed by atoms with Crippen molar-refractivity contribution in [3.8, 4) is 0 Å². The Bertz CT molecular complexity index is 958. The summed E-state index contributed by atoms with van der Waals surface area (Å²) in [6, 6.07) is 17.6. The molecule has 2 heterocycles. The molecule has 0 unspecified atom stereocenters. The van der Waals surface area contributed by atoms with Crippen LogP contribution in [0.15, 0.2) is 59.5 Å². The largest absolute Gasteiger partial charge is 0.355 e. The van der Waals surface area contributed by atoms with E-state index in [0.29, 0.717) is 32.5 Å². The van der Waals surface area contributed by atoms with Crippen molar-refractivity contribution in [3.05, 3.63) is 60.2 Å². The van der Waals surface area contributed by atoms with Gasteiger partial charge in [-0.15, -0.1) is 11.8 Å². The molecule has 1 saturated heterocycles. The molecule has 0 aromatic heterocycles. The number of hydrogen-bond acceptors (Lipinski definition) is 4. The number of anilines is 1. The first kappa shape index (κ1) is 21.4. The zero-order valence-electron chi connectivity index (χ0n) is 17.5. The molecule has 3 amide bonds. The molecule has 2 aliphatic rings. The first-order valence-corrected chi connectivity index (χ1v) is 11.6. The van der Waals surface area contributed by atoms with E-state index in [4.69, 9.17) is 0 Å². The van der Waals surface area contributed by atoms with Gasteiger partial charge in [0.1, 0.15) is 0 Å². The predicted molar refractivity (Wildman–Crippen MR) is 122 cm³/mol. The number of benzene rings is 2. The predicted octanol–water partition coefficient (Wildman–Crippen LogP) is 3.26. The maximum atomic E-state index is 13.0. The Hall–Kier alpha value is -2.80. The van der Waals surface area contributed by atoms with Gasteiger partial charge in [0.15, 0.2) is 5.25 Å². The maximum absolute atomic E-state index is 13.0. The molecule has 0 radical (unpaired) electrons. The summed E-state index contributed by atoms with van der Waals surface area (Å²) in [4.78, 5) is 40.6. The highest BCUT2D eigenvalue weighted by molar-refractivity contribution is 8.01. The number of fused-ring (bicyclic) bond motifs is 1. The molecular weight excluding hydrogens is 410 g/mol. The lowest BCUT2D eigenvalue weighted by Gasteiger charge is -2.34. The van der Waals surface area contributed by atoms with Crippen molar-refractivity contribution in [3.63, 3.8) is 0 Å². The van der Waals surface area contributed by atoms with Gasteiger partial charge in [0.25, 0.3) is 0 Å². The van der Waals surface area contributed by atoms with E-state index in [1.54, 1.807) is 4.90 Å². The first-order valence-electron chi connectivity index (χ1n) is 10.7. The van der Waals surface area contributed by atoms with Gasteiger partial charge in [-0.2, -0.15) is 0 Å². The maximum Gasteiger partial charge on any atom is 0.247 e. The average molecular weight is 438 g/mol. The summed E-state index contributed by atoms with van der Waals surface area (Å²) in [6.07, 6.45) is 1.24. The number of piperidine rings is 1. The van der Waals surface area contributed by atoms with Crippen LogP contribution in [0.2, 0.25) is 0 Å². The van der Waals surface area contributed by atoms with Crippen LogP contribution in [0.4, 0.5) is 5.69 Å². The first-order chi connectivity index (χ1) is 15.0. The normalized spacial score (nSPS) is 19.8. The molecule has 0 aliphatic carbocycles. The molecule has 6 nitrogen and oxygen atoms in total. The fourth-order valence-electron chi connectivity index (χ4n) is 4.04. The second kappa shape index (κ2) is 9.56. The van der Waals surface area contributed by atoms with Crippen molar-refractivity contribution in [2.75, 3.05) is 25.0 Å². The monoisotopic (exact) mass is 437 g/mol. The lowest BCUT2D eigenvalue weighted by molar-refractivity contribution is -0.137. The fourth-order valence-corrected chi connectivity index (χ4v) is 5.11. The Morgan fingerprint density at radius 1 is 1.10 bits per heavy atom. The summed E-state index contributed by atoms with van der Waals surface area (Å²) in [5.74, 6) is -0.247. The van der Waals surface area contributed by atoms with Gasteiger partial charge < -0.3 is 15.5 Å². The van der Waals surface area contributed by atoms with Crippen LogP contribution in [-0.4, -0.2) is 47.5 Å². The SMILES string of the molecule is C[C@H](CNC(=O)C1CCN(C(=O)[C@@H]2Sc3ccccc3NC2=O)CC1)c1ccccc1. The summed E-state index contributed by atoms with van der Waals surface area (Å²) in [6.45, 7) is 3.69. The Labute approximate surface area is 186 Å². The standard InChI is InChI=1S/C24H27N3O3S/c1-16(17-7-3-2-4-8-17)15-25-22(28)18-11-13-27(14-12-18)24(30)21-23(29)26-19-9-5-6-10-20(19)31-21/h2-10,16,18,21H,11-15H2,1H3,(H,25,28)(H,26,29)/t16-,21-/m1/s1. The van der Waals surface area contributed by atoms with E-state index < -0.39 is 5.25 Å². The third-order valence-electron chi connectivity index (χ3n) is 5.98. The van der Waals surface area contributed by atoms with Crippen molar-refractivity contribution in [2.24, 2.45) is 5.92 Å². The highest BCUT2D eigenvalue weighted by atomic mass is 32.2. The van der Waals surface area contributed by atoms with E-state index >= 15 is 0 Å². The van der Waals surface area contributed by atoms with E-state index in [2.05, 4.69) is 29.7 Å². The molecular formula is C24H27N3O3S. The highest BCUT2D eigenvalue weighted by Gasteiger charge is 2.37. The number of hydrogen-bond donors (Lipinski definition) is 2. The third-order valence-corrected chi connectivity index (χ3v) is 7.24. The Kier molecular flexibility index (Phi) is 6.61. The van der Waals surface area contributed by atoms with Crippen molar-refractivity contribution in [1.82, 2.24) is 10.2 Å². The lowest BCUT2D eigenvalue weighted by Crippen LogP contribution is -2.49. The highest BCUT2D eigenvalue weighted by Crippen LogP contribution is 2.36. The van der Waals surface area contributed by atoms with Crippen LogP contribution in [0.25, 0.3) is 0 Å². The van der Waals surface area contributed by atoms with Crippen LogP contribution in [0, 0.1) is 5.92 Å². The zero-order chi connectivity index (χ0) is 21.8. The van der Waals surface area contributed by atoms with E-state index in [0.717, 1.165) is 10.6 Å². The summed E-state index contributed by atoms with van der Waals surface area (Å²) in [5.41, 5.74) is 1.95. The minimum Gasteiger partial charge on any atom is -0.355 e. The Morgan fingerprint density at radius 2 is 1.77 bits per heavy atom. The molecule has 31 heavy (non-hydrogen) atoms. The second-order valence-corrected chi connectivity index (χ2v) is 9.29. The van der Waals surface area contributed by atoms with E-state index in [-0.39, 0.29) is 29.6 Å². The van der Waals surface area contributed by atoms with Crippen LogP contribution in [0.1, 0.15) is 31.2 Å². The van der Waals surface area contributed by atoms with E-state index in [1.165, 1.54) is 17.3 Å². The Morgan fingerprint density at radius 3 is 2.52 bits per heavy atom. The van der Waals surface area contributed by atoms with Gasteiger partial charge in [0, 0.05) is 30.4 Å².